The first kappa shape index (κ1) is 16.5. The van der Waals surface area contributed by atoms with Gasteiger partial charge < -0.3 is 10.6 Å². The van der Waals surface area contributed by atoms with Gasteiger partial charge in [0.15, 0.2) is 5.96 Å². The van der Waals surface area contributed by atoms with E-state index in [1.165, 1.54) is 36.9 Å². The first-order valence-corrected chi connectivity index (χ1v) is 7.53. The van der Waals surface area contributed by atoms with Gasteiger partial charge in [-0.2, -0.15) is 5.10 Å². The fraction of sp³-hybridized carbons (Fsp3) is 0.733. The summed E-state index contributed by atoms with van der Waals surface area (Å²) in [5.41, 5.74) is 3.53. The van der Waals surface area contributed by atoms with Gasteiger partial charge in [0, 0.05) is 38.4 Å². The van der Waals surface area contributed by atoms with Gasteiger partial charge in [0.25, 0.3) is 0 Å². The van der Waals surface area contributed by atoms with Gasteiger partial charge in [-0.3, -0.25) is 9.67 Å². The highest BCUT2D eigenvalue weighted by atomic mass is 15.3. The molecule has 0 spiro atoms. The van der Waals surface area contributed by atoms with Crippen molar-refractivity contribution in [1.82, 2.24) is 20.4 Å². The van der Waals surface area contributed by atoms with Gasteiger partial charge in [-0.15, -0.1) is 0 Å². The maximum absolute atomic E-state index is 4.43. The smallest absolute Gasteiger partial charge is 0.191 e. The third-order valence-corrected chi connectivity index (χ3v) is 3.64. The lowest BCUT2D eigenvalue weighted by atomic mass is 10.2. The molecule has 1 aromatic heterocycles. The van der Waals surface area contributed by atoms with Crippen LogP contribution in [0.3, 0.4) is 0 Å². The molecule has 0 atom stereocenters. The zero-order valence-corrected chi connectivity index (χ0v) is 13.6. The highest BCUT2D eigenvalue weighted by Gasteiger charge is 2.09. The molecule has 0 saturated carbocycles. The number of aliphatic imine (C=N–C) groups is 1. The Morgan fingerprint density at radius 1 is 1.20 bits per heavy atom. The Kier molecular flexibility index (Phi) is 7.12. The van der Waals surface area contributed by atoms with Crippen LogP contribution in [0.1, 0.15) is 49.6 Å². The number of hydrogen-bond donors (Lipinski definition) is 2. The molecule has 0 radical (unpaired) electrons. The molecule has 0 bridgehead atoms. The average molecular weight is 279 g/mol. The molecule has 1 aromatic rings. The summed E-state index contributed by atoms with van der Waals surface area (Å²) >= 11 is 0. The normalized spacial score (nSPS) is 11.8. The van der Waals surface area contributed by atoms with Gasteiger partial charge >= 0.3 is 0 Å². The summed E-state index contributed by atoms with van der Waals surface area (Å²) in [6, 6.07) is 0. The Labute approximate surface area is 122 Å². The number of rotatable bonds is 7. The van der Waals surface area contributed by atoms with E-state index in [9.17, 15) is 0 Å². The van der Waals surface area contributed by atoms with Crippen LogP contribution in [0.5, 0.6) is 0 Å². The van der Waals surface area contributed by atoms with Gasteiger partial charge in [-0.1, -0.05) is 26.2 Å². The number of guanidine groups is 1. The standard InChI is InChI=1S/C15H29N5/c1-6-7-8-9-10-17-15(16-4)18-11-14-12(2)19-20(5)13(14)3/h6-11H2,1-5H3,(H2,16,17,18). The Hall–Kier alpha value is -1.52. The highest BCUT2D eigenvalue weighted by Crippen LogP contribution is 2.10. The molecule has 1 heterocycles. The van der Waals surface area contributed by atoms with E-state index in [2.05, 4.69) is 34.6 Å². The van der Waals surface area contributed by atoms with Crippen molar-refractivity contribution in [2.45, 2.75) is 53.0 Å². The molecule has 0 saturated heterocycles. The predicted molar refractivity (Wildman–Crippen MR) is 85.0 cm³/mol. The maximum atomic E-state index is 4.43. The Balaban J connectivity index is 2.38. The van der Waals surface area contributed by atoms with Crippen molar-refractivity contribution in [3.8, 4) is 0 Å². The summed E-state index contributed by atoms with van der Waals surface area (Å²) in [6.45, 7) is 8.11. The Bertz CT molecular complexity index is 434. The molecule has 0 aliphatic rings. The van der Waals surface area contributed by atoms with Gasteiger partial charge in [0.2, 0.25) is 0 Å². The SMILES string of the molecule is CCCCCCNC(=NC)NCc1c(C)nn(C)c1C. The highest BCUT2D eigenvalue weighted by molar-refractivity contribution is 5.79. The fourth-order valence-corrected chi connectivity index (χ4v) is 2.22. The third kappa shape index (κ3) is 4.87. The van der Waals surface area contributed by atoms with Crippen LogP contribution >= 0.6 is 0 Å². The second-order valence-corrected chi connectivity index (χ2v) is 5.19. The lowest BCUT2D eigenvalue weighted by molar-refractivity contribution is 0.647. The number of nitrogens with zero attached hydrogens (tertiary/aromatic N) is 3. The molecule has 114 valence electrons. The summed E-state index contributed by atoms with van der Waals surface area (Å²) in [5.74, 6) is 0.865. The number of hydrogen-bond acceptors (Lipinski definition) is 2. The number of nitrogens with one attached hydrogen (secondary N) is 2. The lowest BCUT2D eigenvalue weighted by Gasteiger charge is -2.12. The van der Waals surface area contributed by atoms with Crippen LogP contribution < -0.4 is 10.6 Å². The van der Waals surface area contributed by atoms with Gasteiger partial charge in [-0.25, -0.2) is 0 Å². The number of aryl methyl sites for hydroxylation is 2. The van der Waals surface area contributed by atoms with Crippen molar-refractivity contribution in [1.29, 1.82) is 0 Å². The molecule has 5 heteroatoms. The van der Waals surface area contributed by atoms with Crippen LogP contribution in [-0.2, 0) is 13.6 Å². The van der Waals surface area contributed by atoms with E-state index in [1.54, 1.807) is 0 Å². The molecule has 0 aliphatic carbocycles. The largest absolute Gasteiger partial charge is 0.356 e. The van der Waals surface area contributed by atoms with Crippen molar-refractivity contribution in [3.63, 3.8) is 0 Å². The Morgan fingerprint density at radius 3 is 2.50 bits per heavy atom. The van der Waals surface area contributed by atoms with Crippen LogP contribution in [0.25, 0.3) is 0 Å². The van der Waals surface area contributed by atoms with E-state index in [0.717, 1.165) is 24.7 Å². The molecule has 5 nitrogen and oxygen atoms in total. The molecule has 1 rings (SSSR count). The third-order valence-electron chi connectivity index (χ3n) is 3.64. The maximum Gasteiger partial charge on any atom is 0.191 e. The van der Waals surface area contributed by atoms with Crippen LogP contribution in [0.15, 0.2) is 4.99 Å². The minimum absolute atomic E-state index is 0.764. The minimum atomic E-state index is 0.764. The van der Waals surface area contributed by atoms with Crippen molar-refractivity contribution in [3.05, 3.63) is 17.0 Å². The van der Waals surface area contributed by atoms with E-state index in [1.807, 2.05) is 25.7 Å². The number of unbranched alkanes of at least 4 members (excludes halogenated alkanes) is 3. The van der Waals surface area contributed by atoms with Gasteiger partial charge in [-0.05, 0) is 20.3 Å². The fourth-order valence-electron chi connectivity index (χ4n) is 2.22. The number of aromatic nitrogens is 2. The van der Waals surface area contributed by atoms with Crippen molar-refractivity contribution in [2.24, 2.45) is 12.0 Å². The second kappa shape index (κ2) is 8.61. The molecule has 0 fully saturated rings. The topological polar surface area (TPSA) is 54.2 Å². The van der Waals surface area contributed by atoms with Gasteiger partial charge in [0.05, 0.1) is 5.69 Å². The lowest BCUT2D eigenvalue weighted by Crippen LogP contribution is -2.37. The summed E-state index contributed by atoms with van der Waals surface area (Å²) < 4.78 is 1.92. The first-order chi connectivity index (χ1) is 9.60. The quantitative estimate of drug-likeness (QED) is 0.457. The van der Waals surface area contributed by atoms with Crippen LogP contribution in [0.4, 0.5) is 0 Å². The van der Waals surface area contributed by atoms with E-state index in [-0.39, 0.29) is 0 Å². The molecule has 0 amide bonds. The van der Waals surface area contributed by atoms with Crippen LogP contribution in [0, 0.1) is 13.8 Å². The predicted octanol–water partition coefficient (Wildman–Crippen LogP) is 2.28. The Morgan fingerprint density at radius 2 is 1.95 bits per heavy atom. The molecular formula is C15H29N5. The summed E-state index contributed by atoms with van der Waals surface area (Å²) in [4.78, 5) is 4.25. The summed E-state index contributed by atoms with van der Waals surface area (Å²) in [6.07, 6.45) is 5.05. The van der Waals surface area contributed by atoms with Crippen molar-refractivity contribution in [2.75, 3.05) is 13.6 Å². The van der Waals surface area contributed by atoms with E-state index in [4.69, 9.17) is 0 Å². The zero-order chi connectivity index (χ0) is 15.0. The first-order valence-electron chi connectivity index (χ1n) is 7.53. The molecule has 20 heavy (non-hydrogen) atoms. The molecule has 0 aromatic carbocycles. The van der Waals surface area contributed by atoms with E-state index >= 15 is 0 Å². The summed E-state index contributed by atoms with van der Waals surface area (Å²) in [7, 11) is 3.79. The van der Waals surface area contributed by atoms with E-state index in [0.29, 0.717) is 0 Å². The van der Waals surface area contributed by atoms with Crippen molar-refractivity contribution >= 4 is 5.96 Å². The van der Waals surface area contributed by atoms with Crippen LogP contribution in [0.2, 0.25) is 0 Å². The monoisotopic (exact) mass is 279 g/mol. The second-order valence-electron chi connectivity index (χ2n) is 5.19. The minimum Gasteiger partial charge on any atom is -0.356 e. The van der Waals surface area contributed by atoms with Crippen LogP contribution in [-0.4, -0.2) is 29.3 Å². The molecule has 2 N–H and O–H groups in total. The van der Waals surface area contributed by atoms with E-state index < -0.39 is 0 Å². The molecule has 0 unspecified atom stereocenters. The molecule has 0 aliphatic heterocycles. The summed E-state index contributed by atoms with van der Waals surface area (Å²) in [5, 5.41) is 11.1. The van der Waals surface area contributed by atoms with Gasteiger partial charge in [0.1, 0.15) is 0 Å². The molecular weight excluding hydrogens is 250 g/mol. The average Bonchev–Trinajstić information content (AvgIpc) is 2.67. The van der Waals surface area contributed by atoms with Crippen molar-refractivity contribution < 1.29 is 0 Å². The zero-order valence-electron chi connectivity index (χ0n) is 13.6.